The molecular formula is C11H22N2O. The van der Waals surface area contributed by atoms with Crippen LogP contribution in [0.25, 0.3) is 0 Å². The van der Waals surface area contributed by atoms with Gasteiger partial charge in [0.25, 0.3) is 0 Å². The number of nitrogens with zero attached hydrogens (tertiary/aromatic N) is 1. The van der Waals surface area contributed by atoms with E-state index in [-0.39, 0.29) is 0 Å². The number of piperidine rings is 1. The van der Waals surface area contributed by atoms with E-state index in [9.17, 15) is 0 Å². The Morgan fingerprint density at radius 1 is 1.36 bits per heavy atom. The Morgan fingerprint density at radius 2 is 2.14 bits per heavy atom. The molecule has 2 saturated heterocycles. The highest BCUT2D eigenvalue weighted by Gasteiger charge is 2.35. The van der Waals surface area contributed by atoms with E-state index in [1.165, 1.54) is 25.8 Å². The monoisotopic (exact) mass is 198 g/mol. The van der Waals surface area contributed by atoms with Gasteiger partial charge in [-0.15, -0.1) is 0 Å². The summed E-state index contributed by atoms with van der Waals surface area (Å²) in [5, 5.41) is 0. The van der Waals surface area contributed by atoms with Gasteiger partial charge < -0.3 is 10.5 Å². The van der Waals surface area contributed by atoms with Crippen molar-refractivity contribution in [3.63, 3.8) is 0 Å². The van der Waals surface area contributed by atoms with E-state index < -0.39 is 0 Å². The van der Waals surface area contributed by atoms with Crippen LogP contribution in [0, 0.1) is 0 Å². The minimum absolute atomic E-state index is 0.381. The average molecular weight is 198 g/mol. The molecule has 2 N–H and O–H groups in total. The number of likely N-dealkylation sites (tertiary alicyclic amines) is 1. The molecule has 82 valence electrons. The maximum atomic E-state index is 5.99. The molecule has 0 aromatic heterocycles. The highest BCUT2D eigenvalue weighted by molar-refractivity contribution is 4.89. The lowest BCUT2D eigenvalue weighted by Gasteiger charge is -2.36. The molecule has 0 bridgehead atoms. The summed E-state index contributed by atoms with van der Waals surface area (Å²) in [6.07, 6.45) is 4.42. The zero-order valence-corrected chi connectivity index (χ0v) is 9.28. The number of nitrogens with two attached hydrogens (primary N) is 1. The lowest BCUT2D eigenvalue weighted by molar-refractivity contribution is 0.0349. The zero-order chi connectivity index (χ0) is 10.1. The highest BCUT2D eigenvalue weighted by Crippen LogP contribution is 2.26. The van der Waals surface area contributed by atoms with Crippen LogP contribution in [0.2, 0.25) is 0 Å². The maximum absolute atomic E-state index is 5.99. The Kier molecular flexibility index (Phi) is 3.10. The minimum Gasteiger partial charge on any atom is -0.374 e. The smallest absolute Gasteiger partial charge is 0.0706 e. The molecule has 2 aliphatic rings. The summed E-state index contributed by atoms with van der Waals surface area (Å²) in [4.78, 5) is 2.53. The molecule has 2 rings (SSSR count). The molecule has 0 saturated carbocycles. The van der Waals surface area contributed by atoms with Crippen LogP contribution in [0.4, 0.5) is 0 Å². The summed E-state index contributed by atoms with van der Waals surface area (Å²) in [7, 11) is 0. The lowest BCUT2D eigenvalue weighted by atomic mass is 10.0. The summed E-state index contributed by atoms with van der Waals surface area (Å²) >= 11 is 0. The van der Waals surface area contributed by atoms with Crippen molar-refractivity contribution in [3.8, 4) is 0 Å². The summed E-state index contributed by atoms with van der Waals surface area (Å²) < 4.78 is 5.78. The molecule has 4 atom stereocenters. The molecule has 3 heteroatoms. The summed E-state index contributed by atoms with van der Waals surface area (Å²) in [5.41, 5.74) is 5.99. The molecule has 2 aliphatic heterocycles. The van der Waals surface area contributed by atoms with Crippen LogP contribution in [-0.4, -0.2) is 42.3 Å². The van der Waals surface area contributed by atoms with Crippen molar-refractivity contribution in [1.82, 2.24) is 4.90 Å². The van der Waals surface area contributed by atoms with Crippen LogP contribution >= 0.6 is 0 Å². The normalized spacial score (nSPS) is 45.6. The van der Waals surface area contributed by atoms with Crippen molar-refractivity contribution >= 4 is 0 Å². The Morgan fingerprint density at radius 3 is 2.71 bits per heavy atom. The van der Waals surface area contributed by atoms with Gasteiger partial charge in [-0.25, -0.2) is 0 Å². The SMILES string of the molecule is CC1CC(N2CCCC(N)C2)C(C)O1. The van der Waals surface area contributed by atoms with E-state index in [0.717, 1.165) is 6.54 Å². The van der Waals surface area contributed by atoms with Crippen molar-refractivity contribution in [2.45, 2.75) is 57.4 Å². The van der Waals surface area contributed by atoms with Gasteiger partial charge in [0.2, 0.25) is 0 Å². The van der Waals surface area contributed by atoms with Crippen LogP contribution in [0.1, 0.15) is 33.1 Å². The largest absolute Gasteiger partial charge is 0.374 e. The number of hydrogen-bond donors (Lipinski definition) is 1. The predicted octanol–water partition coefficient (Wildman–Crippen LogP) is 0.975. The van der Waals surface area contributed by atoms with E-state index in [1.54, 1.807) is 0 Å². The maximum Gasteiger partial charge on any atom is 0.0706 e. The second-order valence-electron chi connectivity index (χ2n) is 4.85. The molecule has 3 nitrogen and oxygen atoms in total. The molecule has 0 aromatic rings. The fourth-order valence-electron chi connectivity index (χ4n) is 2.83. The Hall–Kier alpha value is -0.120. The highest BCUT2D eigenvalue weighted by atomic mass is 16.5. The standard InChI is InChI=1S/C11H22N2O/c1-8-6-11(9(2)14-8)13-5-3-4-10(12)7-13/h8-11H,3-7,12H2,1-2H3. The van der Waals surface area contributed by atoms with Crippen molar-refractivity contribution in [2.24, 2.45) is 5.73 Å². The van der Waals surface area contributed by atoms with Gasteiger partial charge in [-0.2, -0.15) is 0 Å². The summed E-state index contributed by atoms with van der Waals surface area (Å²) in [5.74, 6) is 0. The first-order chi connectivity index (χ1) is 6.66. The molecule has 0 aromatic carbocycles. The zero-order valence-electron chi connectivity index (χ0n) is 9.28. The molecule has 2 fully saturated rings. The number of ether oxygens (including phenoxy) is 1. The van der Waals surface area contributed by atoms with Gasteiger partial charge in [0, 0.05) is 18.6 Å². The van der Waals surface area contributed by atoms with Crippen molar-refractivity contribution in [3.05, 3.63) is 0 Å². The average Bonchev–Trinajstić information content (AvgIpc) is 2.45. The van der Waals surface area contributed by atoms with Gasteiger partial charge in [0.05, 0.1) is 12.2 Å². The first kappa shape index (κ1) is 10.4. The Labute approximate surface area is 86.6 Å². The molecule has 0 spiro atoms. The molecule has 4 unspecified atom stereocenters. The van der Waals surface area contributed by atoms with E-state index >= 15 is 0 Å². The third-order valence-electron chi connectivity index (χ3n) is 3.52. The van der Waals surface area contributed by atoms with E-state index in [1.807, 2.05) is 0 Å². The fraction of sp³-hybridized carbons (Fsp3) is 1.00. The molecule has 0 aliphatic carbocycles. The van der Waals surface area contributed by atoms with Crippen molar-refractivity contribution in [2.75, 3.05) is 13.1 Å². The van der Waals surface area contributed by atoms with E-state index in [2.05, 4.69) is 18.7 Å². The van der Waals surface area contributed by atoms with Gasteiger partial charge in [-0.3, -0.25) is 4.90 Å². The van der Waals surface area contributed by atoms with Gasteiger partial charge in [0.15, 0.2) is 0 Å². The topological polar surface area (TPSA) is 38.5 Å². The van der Waals surface area contributed by atoms with Crippen LogP contribution in [0.3, 0.4) is 0 Å². The molecule has 0 radical (unpaired) electrons. The van der Waals surface area contributed by atoms with Gasteiger partial charge >= 0.3 is 0 Å². The number of hydrogen-bond acceptors (Lipinski definition) is 3. The molecule has 14 heavy (non-hydrogen) atoms. The van der Waals surface area contributed by atoms with Gasteiger partial charge in [-0.1, -0.05) is 0 Å². The quantitative estimate of drug-likeness (QED) is 0.682. The lowest BCUT2D eigenvalue weighted by Crippen LogP contribution is -2.49. The van der Waals surface area contributed by atoms with Crippen LogP contribution in [0.5, 0.6) is 0 Å². The summed E-state index contributed by atoms with van der Waals surface area (Å²) in [6.45, 7) is 6.62. The van der Waals surface area contributed by atoms with Crippen LogP contribution in [0.15, 0.2) is 0 Å². The molecule has 0 amide bonds. The first-order valence-electron chi connectivity index (χ1n) is 5.82. The van der Waals surface area contributed by atoms with Gasteiger partial charge in [0.1, 0.15) is 0 Å². The summed E-state index contributed by atoms with van der Waals surface area (Å²) in [6, 6.07) is 0.989. The molecule has 2 heterocycles. The van der Waals surface area contributed by atoms with Crippen molar-refractivity contribution in [1.29, 1.82) is 0 Å². The first-order valence-corrected chi connectivity index (χ1v) is 5.82. The van der Waals surface area contributed by atoms with Crippen molar-refractivity contribution < 1.29 is 4.74 Å². The van der Waals surface area contributed by atoms with Crippen LogP contribution in [-0.2, 0) is 4.74 Å². The van der Waals surface area contributed by atoms with E-state index in [4.69, 9.17) is 10.5 Å². The predicted molar refractivity (Wildman–Crippen MR) is 57.2 cm³/mol. The Balaban J connectivity index is 1.93. The fourth-order valence-corrected chi connectivity index (χ4v) is 2.83. The number of rotatable bonds is 1. The minimum atomic E-state index is 0.381. The van der Waals surface area contributed by atoms with E-state index in [0.29, 0.717) is 24.3 Å². The molecular weight excluding hydrogens is 176 g/mol. The Bertz CT molecular complexity index is 198. The third-order valence-corrected chi connectivity index (χ3v) is 3.52. The third kappa shape index (κ3) is 2.10. The second kappa shape index (κ2) is 4.17. The van der Waals surface area contributed by atoms with Gasteiger partial charge in [-0.05, 0) is 39.7 Å². The van der Waals surface area contributed by atoms with Crippen LogP contribution < -0.4 is 5.73 Å². The second-order valence-corrected chi connectivity index (χ2v) is 4.85.